The van der Waals surface area contributed by atoms with Gasteiger partial charge in [0.2, 0.25) is 0 Å². The Hall–Kier alpha value is -5.41. The van der Waals surface area contributed by atoms with Crippen molar-refractivity contribution in [3.63, 3.8) is 0 Å². The molecule has 0 fully saturated rings. The molecule has 3 heteroatoms. The summed E-state index contributed by atoms with van der Waals surface area (Å²) in [5.41, 5.74) is 9.84. The SMILES string of the molecule is [B]c1ccc(-c2c3ccccc3c(-c3ccc(-c4nc5ccccc5n4-c4ccccc4)cc3)c3ccccc23)cc1. The fraction of sp³-hybridized carbons (Fsp3) is 0. The molecule has 0 saturated carbocycles. The van der Waals surface area contributed by atoms with E-state index in [9.17, 15) is 0 Å². The maximum atomic E-state index is 6.04. The first kappa shape index (κ1) is 24.4. The molecule has 0 atom stereocenters. The number of nitrogens with zero attached hydrogens (tertiary/aromatic N) is 2. The summed E-state index contributed by atoms with van der Waals surface area (Å²) in [4.78, 5) is 5.07. The van der Waals surface area contributed by atoms with Gasteiger partial charge >= 0.3 is 0 Å². The Morgan fingerprint density at radius 3 is 1.45 bits per heavy atom. The number of benzene rings is 7. The molecule has 0 aliphatic carbocycles. The normalized spacial score (nSPS) is 11.4. The van der Waals surface area contributed by atoms with Gasteiger partial charge in [0.15, 0.2) is 0 Å². The Bertz CT molecular complexity index is 2170. The zero-order chi connectivity index (χ0) is 28.0. The molecule has 0 saturated heterocycles. The van der Waals surface area contributed by atoms with Crippen molar-refractivity contribution in [2.24, 2.45) is 0 Å². The van der Waals surface area contributed by atoms with Gasteiger partial charge in [-0.3, -0.25) is 4.57 Å². The zero-order valence-corrected chi connectivity index (χ0v) is 22.9. The maximum Gasteiger partial charge on any atom is 0.145 e. The molecule has 7 aromatic carbocycles. The molecule has 2 radical (unpaired) electrons. The van der Waals surface area contributed by atoms with Gasteiger partial charge < -0.3 is 0 Å². The summed E-state index contributed by atoms with van der Waals surface area (Å²) in [5, 5.41) is 4.91. The third kappa shape index (κ3) is 3.94. The standard InChI is InChI=1S/C39H25BN2/c40-29-24-22-27(23-25-29)38-33-14-6-4-12-31(33)37(32-13-5-7-15-34(32)38)26-18-20-28(21-19-26)39-41-35-16-8-9-17-36(35)42(39)30-10-2-1-3-11-30/h1-25H. The van der Waals surface area contributed by atoms with Crippen molar-refractivity contribution in [2.75, 3.05) is 0 Å². The lowest BCUT2D eigenvalue weighted by molar-refractivity contribution is 1.10. The Morgan fingerprint density at radius 1 is 0.429 bits per heavy atom. The van der Waals surface area contributed by atoms with Crippen molar-refractivity contribution in [3.05, 3.63) is 152 Å². The van der Waals surface area contributed by atoms with E-state index in [2.05, 4.69) is 132 Å². The Balaban J connectivity index is 1.34. The molecule has 0 bridgehead atoms. The summed E-state index contributed by atoms with van der Waals surface area (Å²) in [7, 11) is 6.04. The number of rotatable bonds is 4. The van der Waals surface area contributed by atoms with E-state index in [0.29, 0.717) is 0 Å². The summed E-state index contributed by atoms with van der Waals surface area (Å²) in [6, 6.07) is 53.3. The minimum absolute atomic E-state index is 0.768. The first-order valence-electron chi connectivity index (χ1n) is 14.2. The number of hydrogen-bond acceptors (Lipinski definition) is 1. The van der Waals surface area contributed by atoms with E-state index in [0.717, 1.165) is 33.6 Å². The van der Waals surface area contributed by atoms with E-state index in [1.807, 2.05) is 24.3 Å². The third-order valence-corrected chi connectivity index (χ3v) is 8.14. The van der Waals surface area contributed by atoms with Crippen LogP contribution in [-0.2, 0) is 0 Å². The largest absolute Gasteiger partial charge is 0.292 e. The van der Waals surface area contributed by atoms with Gasteiger partial charge in [-0.15, -0.1) is 0 Å². The van der Waals surface area contributed by atoms with Crippen LogP contribution in [0.1, 0.15) is 0 Å². The molecule has 42 heavy (non-hydrogen) atoms. The fourth-order valence-corrected chi connectivity index (χ4v) is 6.24. The van der Waals surface area contributed by atoms with Crippen LogP contribution >= 0.6 is 0 Å². The minimum atomic E-state index is 0.768. The predicted molar refractivity (Wildman–Crippen MR) is 178 cm³/mol. The van der Waals surface area contributed by atoms with Crippen LogP contribution in [0.3, 0.4) is 0 Å². The van der Waals surface area contributed by atoms with Crippen molar-refractivity contribution < 1.29 is 0 Å². The first-order chi connectivity index (χ1) is 20.8. The number of imidazole rings is 1. The number of aromatic nitrogens is 2. The predicted octanol–water partition coefficient (Wildman–Crippen LogP) is 9.13. The topological polar surface area (TPSA) is 17.8 Å². The first-order valence-corrected chi connectivity index (χ1v) is 14.2. The molecule has 0 unspecified atom stereocenters. The van der Waals surface area contributed by atoms with E-state index in [1.54, 1.807) is 0 Å². The van der Waals surface area contributed by atoms with Gasteiger partial charge in [0, 0.05) is 11.3 Å². The monoisotopic (exact) mass is 532 g/mol. The highest BCUT2D eigenvalue weighted by Crippen LogP contribution is 2.43. The quantitative estimate of drug-likeness (QED) is 0.163. The number of para-hydroxylation sites is 3. The van der Waals surface area contributed by atoms with Crippen LogP contribution in [0.25, 0.3) is 71.9 Å². The van der Waals surface area contributed by atoms with Gasteiger partial charge in [0.25, 0.3) is 0 Å². The molecule has 0 amide bonds. The third-order valence-electron chi connectivity index (χ3n) is 8.14. The molecular weight excluding hydrogens is 507 g/mol. The molecule has 0 N–H and O–H groups in total. The molecule has 0 spiro atoms. The molecule has 0 aliphatic rings. The van der Waals surface area contributed by atoms with Crippen molar-refractivity contribution in [3.8, 4) is 39.3 Å². The Kier molecular flexibility index (Phi) is 5.75. The summed E-state index contributed by atoms with van der Waals surface area (Å²) in [5.74, 6) is 0.933. The summed E-state index contributed by atoms with van der Waals surface area (Å²) in [6.07, 6.45) is 0. The molecule has 1 heterocycles. The van der Waals surface area contributed by atoms with Crippen LogP contribution in [-0.4, -0.2) is 17.4 Å². The molecule has 0 aliphatic heterocycles. The second-order valence-corrected chi connectivity index (χ2v) is 10.6. The van der Waals surface area contributed by atoms with Crippen LogP contribution in [0.4, 0.5) is 0 Å². The smallest absolute Gasteiger partial charge is 0.145 e. The summed E-state index contributed by atoms with van der Waals surface area (Å²) < 4.78 is 2.25. The fourth-order valence-electron chi connectivity index (χ4n) is 6.24. The number of fused-ring (bicyclic) bond motifs is 3. The van der Waals surface area contributed by atoms with E-state index in [-0.39, 0.29) is 0 Å². The molecule has 194 valence electrons. The number of hydrogen-bond donors (Lipinski definition) is 0. The van der Waals surface area contributed by atoms with Gasteiger partial charge in [0.05, 0.1) is 11.0 Å². The highest BCUT2D eigenvalue weighted by atomic mass is 15.1. The molecule has 2 nitrogen and oxygen atoms in total. The maximum absolute atomic E-state index is 6.04. The second-order valence-electron chi connectivity index (χ2n) is 10.6. The van der Waals surface area contributed by atoms with Crippen LogP contribution in [0.15, 0.2) is 152 Å². The van der Waals surface area contributed by atoms with Crippen LogP contribution in [0, 0.1) is 0 Å². The van der Waals surface area contributed by atoms with E-state index >= 15 is 0 Å². The van der Waals surface area contributed by atoms with Crippen LogP contribution in [0.2, 0.25) is 0 Å². The van der Waals surface area contributed by atoms with E-state index < -0.39 is 0 Å². The molecule has 8 aromatic rings. The van der Waals surface area contributed by atoms with E-state index in [4.69, 9.17) is 12.8 Å². The lowest BCUT2D eigenvalue weighted by Gasteiger charge is -2.18. The average molecular weight is 532 g/mol. The van der Waals surface area contributed by atoms with E-state index in [1.165, 1.54) is 43.8 Å². The molecule has 8 rings (SSSR count). The van der Waals surface area contributed by atoms with Gasteiger partial charge in [0.1, 0.15) is 13.7 Å². The second kappa shape index (κ2) is 9.90. The van der Waals surface area contributed by atoms with Crippen molar-refractivity contribution >= 4 is 45.9 Å². The highest BCUT2D eigenvalue weighted by Gasteiger charge is 2.18. The van der Waals surface area contributed by atoms with Crippen LogP contribution < -0.4 is 5.46 Å². The molecular formula is C39H25BN2. The lowest BCUT2D eigenvalue weighted by atomic mass is 9.85. The summed E-state index contributed by atoms with van der Waals surface area (Å²) >= 11 is 0. The Morgan fingerprint density at radius 2 is 0.881 bits per heavy atom. The highest BCUT2D eigenvalue weighted by molar-refractivity contribution is 6.32. The lowest BCUT2D eigenvalue weighted by Crippen LogP contribution is -1.99. The Labute approximate surface area is 245 Å². The van der Waals surface area contributed by atoms with Crippen molar-refractivity contribution in [2.45, 2.75) is 0 Å². The average Bonchev–Trinajstić information content (AvgIpc) is 3.44. The molecule has 1 aromatic heterocycles. The van der Waals surface area contributed by atoms with Gasteiger partial charge in [-0.2, -0.15) is 0 Å². The minimum Gasteiger partial charge on any atom is -0.292 e. The van der Waals surface area contributed by atoms with Gasteiger partial charge in [-0.05, 0) is 68.1 Å². The summed E-state index contributed by atoms with van der Waals surface area (Å²) in [6.45, 7) is 0. The van der Waals surface area contributed by atoms with Gasteiger partial charge in [-0.25, -0.2) is 4.98 Å². The van der Waals surface area contributed by atoms with Gasteiger partial charge in [-0.1, -0.05) is 133 Å². The van der Waals surface area contributed by atoms with Crippen LogP contribution in [0.5, 0.6) is 0 Å². The zero-order valence-electron chi connectivity index (χ0n) is 22.9. The van der Waals surface area contributed by atoms with Crippen molar-refractivity contribution in [1.82, 2.24) is 9.55 Å². The van der Waals surface area contributed by atoms with Crippen molar-refractivity contribution in [1.29, 1.82) is 0 Å².